The van der Waals surface area contributed by atoms with Gasteiger partial charge in [-0.2, -0.15) is 8.78 Å². The van der Waals surface area contributed by atoms with E-state index in [-0.39, 0.29) is 30.5 Å². The molecule has 0 aliphatic carbocycles. The van der Waals surface area contributed by atoms with Crippen LogP contribution >= 0.6 is 11.3 Å². The van der Waals surface area contributed by atoms with Crippen molar-refractivity contribution in [3.8, 4) is 22.8 Å². The van der Waals surface area contributed by atoms with E-state index < -0.39 is 6.61 Å². The SMILES string of the molecule is O=C(CCOc1ccc(F)cc1)Nc1nc(-c2ccccc2OC(F)F)cs1. The zero-order valence-corrected chi connectivity index (χ0v) is 15.2. The Morgan fingerprint density at radius 1 is 1.14 bits per heavy atom. The Kier molecular flexibility index (Phi) is 6.49. The van der Waals surface area contributed by atoms with Crippen molar-refractivity contribution < 1.29 is 27.4 Å². The highest BCUT2D eigenvalue weighted by molar-refractivity contribution is 7.14. The van der Waals surface area contributed by atoms with E-state index in [0.717, 1.165) is 11.3 Å². The Labute approximate surface area is 162 Å². The van der Waals surface area contributed by atoms with Gasteiger partial charge in [-0.05, 0) is 36.4 Å². The van der Waals surface area contributed by atoms with Gasteiger partial charge in [0.05, 0.1) is 18.7 Å². The quantitative estimate of drug-likeness (QED) is 0.572. The molecule has 5 nitrogen and oxygen atoms in total. The van der Waals surface area contributed by atoms with E-state index in [4.69, 9.17) is 4.74 Å². The molecular formula is C19H15F3N2O3S. The fourth-order valence-electron chi connectivity index (χ4n) is 2.31. The van der Waals surface area contributed by atoms with Crippen LogP contribution in [0.15, 0.2) is 53.9 Å². The molecule has 0 spiro atoms. The summed E-state index contributed by atoms with van der Waals surface area (Å²) in [6.45, 7) is -2.83. The van der Waals surface area contributed by atoms with Crippen molar-refractivity contribution in [2.24, 2.45) is 0 Å². The molecule has 0 saturated heterocycles. The van der Waals surface area contributed by atoms with Gasteiger partial charge in [0.2, 0.25) is 5.91 Å². The molecule has 1 amide bonds. The fourth-order valence-corrected chi connectivity index (χ4v) is 3.03. The Morgan fingerprint density at radius 2 is 1.89 bits per heavy atom. The summed E-state index contributed by atoms with van der Waals surface area (Å²) in [7, 11) is 0. The molecule has 2 aromatic carbocycles. The van der Waals surface area contributed by atoms with E-state index in [1.807, 2.05) is 0 Å². The number of thiazole rings is 1. The number of hydrogen-bond donors (Lipinski definition) is 1. The van der Waals surface area contributed by atoms with Crippen molar-refractivity contribution in [3.05, 3.63) is 59.7 Å². The molecule has 1 N–H and O–H groups in total. The van der Waals surface area contributed by atoms with Crippen LogP contribution in [-0.2, 0) is 4.79 Å². The van der Waals surface area contributed by atoms with Gasteiger partial charge in [0.15, 0.2) is 5.13 Å². The van der Waals surface area contributed by atoms with Gasteiger partial charge in [-0.1, -0.05) is 12.1 Å². The number of nitrogens with zero attached hydrogens (tertiary/aromatic N) is 1. The smallest absolute Gasteiger partial charge is 0.387 e. The Balaban J connectivity index is 1.56. The fraction of sp³-hybridized carbons (Fsp3) is 0.158. The topological polar surface area (TPSA) is 60.5 Å². The predicted octanol–water partition coefficient (Wildman–Crippen LogP) is 4.96. The van der Waals surface area contributed by atoms with Gasteiger partial charge in [-0.15, -0.1) is 11.3 Å². The van der Waals surface area contributed by atoms with Crippen molar-refractivity contribution in [1.82, 2.24) is 4.98 Å². The Hall–Kier alpha value is -3.07. The Bertz CT molecular complexity index is 932. The van der Waals surface area contributed by atoms with Crippen LogP contribution in [0.4, 0.5) is 18.3 Å². The van der Waals surface area contributed by atoms with Gasteiger partial charge in [0.25, 0.3) is 0 Å². The first kappa shape index (κ1) is 19.7. The van der Waals surface area contributed by atoms with Crippen molar-refractivity contribution >= 4 is 22.4 Å². The summed E-state index contributed by atoms with van der Waals surface area (Å²) in [5.41, 5.74) is 0.818. The second kappa shape index (κ2) is 9.23. The molecule has 9 heteroatoms. The summed E-state index contributed by atoms with van der Waals surface area (Å²) in [5, 5.41) is 4.59. The molecule has 1 heterocycles. The van der Waals surface area contributed by atoms with Crippen molar-refractivity contribution in [1.29, 1.82) is 0 Å². The van der Waals surface area contributed by atoms with Gasteiger partial charge in [0, 0.05) is 10.9 Å². The minimum absolute atomic E-state index is 0.00775. The lowest BCUT2D eigenvalue weighted by Gasteiger charge is -2.08. The van der Waals surface area contributed by atoms with Gasteiger partial charge >= 0.3 is 6.61 Å². The average molecular weight is 408 g/mol. The van der Waals surface area contributed by atoms with Crippen LogP contribution in [0.2, 0.25) is 0 Å². The third kappa shape index (κ3) is 5.46. The van der Waals surface area contributed by atoms with Crippen LogP contribution < -0.4 is 14.8 Å². The van der Waals surface area contributed by atoms with Crippen molar-refractivity contribution in [3.63, 3.8) is 0 Å². The minimum Gasteiger partial charge on any atom is -0.493 e. The number of alkyl halides is 2. The number of benzene rings is 2. The number of aromatic nitrogens is 1. The van der Waals surface area contributed by atoms with Gasteiger partial charge in [-0.3, -0.25) is 4.79 Å². The highest BCUT2D eigenvalue weighted by Crippen LogP contribution is 2.33. The first-order valence-corrected chi connectivity index (χ1v) is 9.07. The van der Waals surface area contributed by atoms with Crippen LogP contribution in [0.25, 0.3) is 11.3 Å². The maximum absolute atomic E-state index is 12.8. The molecule has 146 valence electrons. The molecular weight excluding hydrogens is 393 g/mol. The average Bonchev–Trinajstić information content (AvgIpc) is 3.11. The number of amides is 1. The van der Waals surface area contributed by atoms with Gasteiger partial charge < -0.3 is 14.8 Å². The predicted molar refractivity (Wildman–Crippen MR) is 99.3 cm³/mol. The Morgan fingerprint density at radius 3 is 2.64 bits per heavy atom. The maximum atomic E-state index is 12.8. The number of anilines is 1. The second-order valence-electron chi connectivity index (χ2n) is 5.51. The van der Waals surface area contributed by atoms with E-state index in [0.29, 0.717) is 22.1 Å². The third-order valence-corrected chi connectivity index (χ3v) is 4.30. The first-order valence-electron chi connectivity index (χ1n) is 8.19. The third-order valence-electron chi connectivity index (χ3n) is 3.54. The van der Waals surface area contributed by atoms with Crippen LogP contribution in [0.5, 0.6) is 11.5 Å². The molecule has 0 bridgehead atoms. The van der Waals surface area contributed by atoms with Crippen molar-refractivity contribution in [2.45, 2.75) is 13.0 Å². The number of ether oxygens (including phenoxy) is 2. The zero-order chi connectivity index (χ0) is 19.9. The van der Waals surface area contributed by atoms with Crippen LogP contribution in [0.1, 0.15) is 6.42 Å². The summed E-state index contributed by atoms with van der Waals surface area (Å²) in [6.07, 6.45) is 0.0668. The van der Waals surface area contributed by atoms with E-state index >= 15 is 0 Å². The number of halogens is 3. The lowest BCUT2D eigenvalue weighted by atomic mass is 10.1. The normalized spacial score (nSPS) is 10.7. The summed E-state index contributed by atoms with van der Waals surface area (Å²) in [4.78, 5) is 16.3. The molecule has 28 heavy (non-hydrogen) atoms. The number of carbonyl (C=O) groups is 1. The molecule has 0 aliphatic heterocycles. The molecule has 0 fully saturated rings. The summed E-state index contributed by atoms with van der Waals surface area (Å²) < 4.78 is 47.7. The summed E-state index contributed by atoms with van der Waals surface area (Å²) in [6, 6.07) is 11.8. The number of nitrogens with one attached hydrogen (secondary N) is 1. The number of carbonyl (C=O) groups excluding carboxylic acids is 1. The largest absolute Gasteiger partial charge is 0.493 e. The van der Waals surface area contributed by atoms with E-state index in [1.165, 1.54) is 30.3 Å². The molecule has 0 atom stereocenters. The molecule has 0 saturated carbocycles. The lowest BCUT2D eigenvalue weighted by molar-refractivity contribution is -0.116. The molecule has 3 rings (SSSR count). The highest BCUT2D eigenvalue weighted by Gasteiger charge is 2.14. The zero-order valence-electron chi connectivity index (χ0n) is 14.4. The summed E-state index contributed by atoms with van der Waals surface area (Å²) >= 11 is 1.16. The van der Waals surface area contributed by atoms with Crippen LogP contribution in [0.3, 0.4) is 0 Å². The van der Waals surface area contributed by atoms with Gasteiger partial charge in [0.1, 0.15) is 17.3 Å². The van der Waals surface area contributed by atoms with Crippen LogP contribution in [0, 0.1) is 5.82 Å². The van der Waals surface area contributed by atoms with E-state index in [9.17, 15) is 18.0 Å². The van der Waals surface area contributed by atoms with Gasteiger partial charge in [-0.25, -0.2) is 9.37 Å². The van der Waals surface area contributed by atoms with E-state index in [2.05, 4.69) is 15.0 Å². The first-order chi connectivity index (χ1) is 13.5. The van der Waals surface area contributed by atoms with E-state index in [1.54, 1.807) is 23.6 Å². The van der Waals surface area contributed by atoms with Crippen molar-refractivity contribution in [2.75, 3.05) is 11.9 Å². The molecule has 0 unspecified atom stereocenters. The van der Waals surface area contributed by atoms with Crippen LogP contribution in [-0.4, -0.2) is 24.1 Å². The standard InChI is InChI=1S/C19H15F3N2O3S/c20-12-5-7-13(8-6-12)26-10-9-17(25)24-19-23-15(11-28-19)14-3-1-2-4-16(14)27-18(21)22/h1-8,11,18H,9-10H2,(H,23,24,25). The number of para-hydroxylation sites is 1. The second-order valence-corrected chi connectivity index (χ2v) is 6.37. The number of hydrogen-bond acceptors (Lipinski definition) is 5. The molecule has 3 aromatic rings. The molecule has 0 radical (unpaired) electrons. The minimum atomic E-state index is -2.94. The summed E-state index contributed by atoms with van der Waals surface area (Å²) in [5.74, 6) is -0.222. The highest BCUT2D eigenvalue weighted by atomic mass is 32.1. The number of rotatable bonds is 8. The maximum Gasteiger partial charge on any atom is 0.387 e. The molecule has 0 aliphatic rings. The molecule has 1 aromatic heterocycles. The lowest BCUT2D eigenvalue weighted by Crippen LogP contribution is -2.15. The monoisotopic (exact) mass is 408 g/mol.